The molecule has 0 aliphatic rings. The molecular weight excluding hydrogens is 241 g/mol. The zero-order valence-corrected chi connectivity index (χ0v) is 11.1. The number of rotatable bonds is 4. The van der Waals surface area contributed by atoms with Crippen molar-refractivity contribution >= 4 is 17.0 Å². The molecule has 0 aliphatic heterocycles. The number of hydrogen-bond acceptors (Lipinski definition) is 2. The SMILES string of the molecule is C=C/C(=C(/C)C(=C)F)c1ccc2nc(NC)cn2c1. The van der Waals surface area contributed by atoms with Crippen LogP contribution in [0.25, 0.3) is 11.2 Å². The molecule has 0 saturated heterocycles. The maximum Gasteiger partial charge on any atom is 0.145 e. The lowest BCUT2D eigenvalue weighted by molar-refractivity contribution is 0.657. The van der Waals surface area contributed by atoms with Crippen LogP contribution in [0.1, 0.15) is 12.5 Å². The van der Waals surface area contributed by atoms with Gasteiger partial charge in [-0.05, 0) is 35.8 Å². The Bertz CT molecular complexity index is 680. The Kier molecular flexibility index (Phi) is 3.51. The molecule has 0 atom stereocenters. The van der Waals surface area contributed by atoms with E-state index >= 15 is 0 Å². The molecule has 0 unspecified atom stereocenters. The van der Waals surface area contributed by atoms with Gasteiger partial charge in [-0.15, -0.1) is 0 Å². The van der Waals surface area contributed by atoms with Gasteiger partial charge in [-0.25, -0.2) is 9.37 Å². The number of anilines is 1. The number of hydrogen-bond donors (Lipinski definition) is 1. The monoisotopic (exact) mass is 257 g/mol. The molecule has 3 nitrogen and oxygen atoms in total. The van der Waals surface area contributed by atoms with Crippen molar-refractivity contribution in [2.45, 2.75) is 6.92 Å². The van der Waals surface area contributed by atoms with Crippen molar-refractivity contribution in [3.05, 3.63) is 60.7 Å². The summed E-state index contributed by atoms with van der Waals surface area (Å²) >= 11 is 0. The largest absolute Gasteiger partial charge is 0.372 e. The third-order valence-electron chi connectivity index (χ3n) is 3.03. The van der Waals surface area contributed by atoms with Crippen LogP contribution in [0.5, 0.6) is 0 Å². The van der Waals surface area contributed by atoms with E-state index < -0.39 is 5.83 Å². The molecule has 19 heavy (non-hydrogen) atoms. The zero-order chi connectivity index (χ0) is 14.0. The van der Waals surface area contributed by atoms with Gasteiger partial charge in [-0.1, -0.05) is 19.2 Å². The minimum atomic E-state index is -0.448. The molecule has 0 aliphatic carbocycles. The number of pyridine rings is 1. The van der Waals surface area contributed by atoms with Crippen molar-refractivity contribution in [2.24, 2.45) is 0 Å². The summed E-state index contributed by atoms with van der Waals surface area (Å²) in [4.78, 5) is 4.36. The molecule has 2 aromatic rings. The van der Waals surface area contributed by atoms with Crippen LogP contribution in [-0.4, -0.2) is 16.4 Å². The number of imidazole rings is 1. The molecule has 0 aromatic carbocycles. The van der Waals surface area contributed by atoms with E-state index in [4.69, 9.17) is 0 Å². The second-order valence-electron chi connectivity index (χ2n) is 4.21. The van der Waals surface area contributed by atoms with Crippen LogP contribution in [0.2, 0.25) is 0 Å². The number of halogens is 1. The predicted molar refractivity (Wildman–Crippen MR) is 77.8 cm³/mol. The first-order valence-corrected chi connectivity index (χ1v) is 5.91. The molecule has 2 rings (SSSR count). The zero-order valence-electron chi connectivity index (χ0n) is 11.1. The fraction of sp³-hybridized carbons (Fsp3) is 0.133. The van der Waals surface area contributed by atoms with Crippen molar-refractivity contribution in [3.63, 3.8) is 0 Å². The van der Waals surface area contributed by atoms with E-state index in [2.05, 4.69) is 23.5 Å². The van der Waals surface area contributed by atoms with Crippen molar-refractivity contribution in [2.75, 3.05) is 12.4 Å². The van der Waals surface area contributed by atoms with Gasteiger partial charge in [0, 0.05) is 13.2 Å². The van der Waals surface area contributed by atoms with E-state index in [0.29, 0.717) is 5.57 Å². The lowest BCUT2D eigenvalue weighted by atomic mass is 10.0. The number of nitrogens with one attached hydrogen (secondary N) is 1. The third kappa shape index (κ3) is 2.42. The number of fused-ring (bicyclic) bond motifs is 1. The lowest BCUT2D eigenvalue weighted by Crippen LogP contribution is -1.91. The maximum absolute atomic E-state index is 13.3. The van der Waals surface area contributed by atoms with Crippen LogP contribution in [0.15, 0.2) is 55.2 Å². The smallest absolute Gasteiger partial charge is 0.145 e. The molecule has 1 N–H and O–H groups in total. The van der Waals surface area contributed by atoms with Crippen molar-refractivity contribution in [1.29, 1.82) is 0 Å². The predicted octanol–water partition coefficient (Wildman–Crippen LogP) is 3.82. The summed E-state index contributed by atoms with van der Waals surface area (Å²) in [5.74, 6) is 0.337. The summed E-state index contributed by atoms with van der Waals surface area (Å²) in [5, 5.41) is 2.98. The highest BCUT2D eigenvalue weighted by molar-refractivity contribution is 5.78. The van der Waals surface area contributed by atoms with Gasteiger partial charge in [0.2, 0.25) is 0 Å². The summed E-state index contributed by atoms with van der Waals surface area (Å²) < 4.78 is 15.1. The van der Waals surface area contributed by atoms with Gasteiger partial charge in [-0.2, -0.15) is 0 Å². The van der Waals surface area contributed by atoms with Gasteiger partial charge < -0.3 is 9.72 Å². The van der Waals surface area contributed by atoms with Gasteiger partial charge in [0.25, 0.3) is 0 Å². The van der Waals surface area contributed by atoms with Crippen LogP contribution in [0.4, 0.5) is 10.2 Å². The second-order valence-corrected chi connectivity index (χ2v) is 4.21. The molecule has 0 spiro atoms. The highest BCUT2D eigenvalue weighted by atomic mass is 19.1. The molecule has 0 fully saturated rings. The quantitative estimate of drug-likeness (QED) is 0.844. The Balaban J connectivity index is 2.59. The molecular formula is C15H16FN3. The lowest BCUT2D eigenvalue weighted by Gasteiger charge is -2.07. The summed E-state index contributed by atoms with van der Waals surface area (Å²) in [6.07, 6.45) is 5.41. The summed E-state index contributed by atoms with van der Waals surface area (Å²) in [6, 6.07) is 3.78. The van der Waals surface area contributed by atoms with E-state index in [0.717, 1.165) is 22.6 Å². The van der Waals surface area contributed by atoms with E-state index in [1.165, 1.54) is 0 Å². The molecule has 0 bridgehead atoms. The Morgan fingerprint density at radius 1 is 1.42 bits per heavy atom. The molecule has 0 amide bonds. The summed E-state index contributed by atoms with van der Waals surface area (Å²) in [5.41, 5.74) is 2.92. The number of aromatic nitrogens is 2. The topological polar surface area (TPSA) is 29.3 Å². The van der Waals surface area contributed by atoms with Crippen molar-refractivity contribution < 1.29 is 4.39 Å². The molecule has 2 heterocycles. The summed E-state index contributed by atoms with van der Waals surface area (Å²) in [6.45, 7) is 8.76. The number of allylic oxidation sites excluding steroid dienone is 4. The van der Waals surface area contributed by atoms with E-state index in [9.17, 15) is 4.39 Å². The maximum atomic E-state index is 13.3. The normalized spacial score (nSPS) is 12.2. The molecule has 98 valence electrons. The van der Waals surface area contributed by atoms with E-state index in [-0.39, 0.29) is 0 Å². The Labute approximate surface area is 111 Å². The van der Waals surface area contributed by atoms with Crippen LogP contribution in [0, 0.1) is 0 Å². The van der Waals surface area contributed by atoms with Gasteiger partial charge in [-0.3, -0.25) is 0 Å². The molecule has 2 aromatic heterocycles. The van der Waals surface area contributed by atoms with E-state index in [1.54, 1.807) is 13.0 Å². The molecule has 4 heteroatoms. The van der Waals surface area contributed by atoms with Crippen LogP contribution >= 0.6 is 0 Å². The van der Waals surface area contributed by atoms with Crippen molar-refractivity contribution in [1.82, 2.24) is 9.38 Å². The van der Waals surface area contributed by atoms with Gasteiger partial charge in [0.05, 0.1) is 6.20 Å². The Morgan fingerprint density at radius 3 is 2.74 bits per heavy atom. The number of nitrogens with zero attached hydrogens (tertiary/aromatic N) is 2. The van der Waals surface area contributed by atoms with Gasteiger partial charge >= 0.3 is 0 Å². The first-order chi connectivity index (χ1) is 9.06. The highest BCUT2D eigenvalue weighted by Crippen LogP contribution is 2.25. The Morgan fingerprint density at radius 2 is 2.16 bits per heavy atom. The first kappa shape index (κ1) is 13.1. The van der Waals surface area contributed by atoms with E-state index in [1.807, 2.05) is 36.0 Å². The second kappa shape index (κ2) is 5.10. The summed E-state index contributed by atoms with van der Waals surface area (Å²) in [7, 11) is 1.81. The minimum absolute atomic E-state index is 0.448. The molecule has 0 radical (unpaired) electrons. The van der Waals surface area contributed by atoms with Gasteiger partial charge in [0.15, 0.2) is 0 Å². The third-order valence-corrected chi connectivity index (χ3v) is 3.03. The van der Waals surface area contributed by atoms with Crippen LogP contribution < -0.4 is 5.32 Å². The van der Waals surface area contributed by atoms with Crippen LogP contribution in [0.3, 0.4) is 0 Å². The Hall–Kier alpha value is -2.36. The minimum Gasteiger partial charge on any atom is -0.372 e. The molecule has 0 saturated carbocycles. The standard InChI is InChI=1S/C15H16FN3/c1-5-13(10(2)11(3)16)12-6-7-15-18-14(17-4)9-19(15)8-12/h5-9,17H,1,3H2,2,4H3/b13-10+. The van der Waals surface area contributed by atoms with Gasteiger partial charge in [0.1, 0.15) is 17.3 Å². The van der Waals surface area contributed by atoms with Crippen molar-refractivity contribution in [3.8, 4) is 0 Å². The average Bonchev–Trinajstić information content (AvgIpc) is 2.81. The average molecular weight is 257 g/mol. The first-order valence-electron chi connectivity index (χ1n) is 5.91. The fourth-order valence-electron chi connectivity index (χ4n) is 1.91. The highest BCUT2D eigenvalue weighted by Gasteiger charge is 2.07. The fourth-order valence-corrected chi connectivity index (χ4v) is 1.91. The van der Waals surface area contributed by atoms with Crippen LogP contribution in [-0.2, 0) is 0 Å².